The van der Waals surface area contributed by atoms with Crippen LogP contribution >= 0.6 is 15.9 Å². The maximum Gasteiger partial charge on any atom is 0.173 e. The van der Waals surface area contributed by atoms with E-state index in [1.165, 1.54) is 18.5 Å². The number of aliphatic hydroxyl groups is 1. The van der Waals surface area contributed by atoms with Gasteiger partial charge in [0.05, 0.1) is 11.1 Å². The molecule has 0 spiro atoms. The van der Waals surface area contributed by atoms with Gasteiger partial charge in [-0.05, 0) is 28.1 Å². The van der Waals surface area contributed by atoms with Crippen molar-refractivity contribution in [3.05, 3.63) is 46.2 Å². The fourth-order valence-corrected chi connectivity index (χ4v) is 1.77. The number of rotatable bonds is 2. The van der Waals surface area contributed by atoms with Crippen LogP contribution in [0.15, 0.2) is 29.0 Å². The van der Waals surface area contributed by atoms with Crippen LogP contribution in [0.3, 0.4) is 0 Å². The molecule has 0 amide bonds. The SMILES string of the molecule is OCc1cnc(-c2ccc(F)c(F)c2Br)nc1. The molecular formula is C11H7BrF2N2O. The molecule has 88 valence electrons. The average Bonchev–Trinajstić information content (AvgIpc) is 2.36. The molecule has 1 aromatic carbocycles. The van der Waals surface area contributed by atoms with Crippen LogP contribution in [-0.4, -0.2) is 15.1 Å². The second-order valence-corrected chi connectivity index (χ2v) is 4.09. The fourth-order valence-electron chi connectivity index (χ4n) is 1.27. The van der Waals surface area contributed by atoms with E-state index in [-0.39, 0.29) is 16.9 Å². The van der Waals surface area contributed by atoms with E-state index in [1.807, 2.05) is 0 Å². The zero-order chi connectivity index (χ0) is 12.4. The number of aromatic nitrogens is 2. The van der Waals surface area contributed by atoms with E-state index in [4.69, 9.17) is 5.11 Å². The Morgan fingerprint density at radius 1 is 1.18 bits per heavy atom. The minimum atomic E-state index is -0.975. The second kappa shape index (κ2) is 4.85. The van der Waals surface area contributed by atoms with Crippen LogP contribution < -0.4 is 0 Å². The molecule has 0 aliphatic heterocycles. The largest absolute Gasteiger partial charge is 0.392 e. The Balaban J connectivity index is 2.49. The molecule has 3 nitrogen and oxygen atoms in total. The van der Waals surface area contributed by atoms with Gasteiger partial charge in [-0.2, -0.15) is 0 Å². The summed E-state index contributed by atoms with van der Waals surface area (Å²) in [5.74, 6) is -1.65. The summed E-state index contributed by atoms with van der Waals surface area (Å²) in [5.41, 5.74) is 0.904. The molecule has 1 N–H and O–H groups in total. The molecule has 0 saturated carbocycles. The molecule has 2 rings (SSSR count). The highest BCUT2D eigenvalue weighted by Crippen LogP contribution is 2.29. The van der Waals surface area contributed by atoms with Gasteiger partial charge in [-0.25, -0.2) is 18.7 Å². The van der Waals surface area contributed by atoms with Gasteiger partial charge >= 0.3 is 0 Å². The summed E-state index contributed by atoms with van der Waals surface area (Å²) in [6.45, 7) is -0.167. The van der Waals surface area contributed by atoms with Gasteiger partial charge in [0.15, 0.2) is 17.5 Å². The summed E-state index contributed by atoms with van der Waals surface area (Å²) in [7, 11) is 0. The standard InChI is InChI=1S/C11H7BrF2N2O/c12-9-7(1-2-8(13)10(9)14)11-15-3-6(5-17)4-16-11/h1-4,17H,5H2. The average molecular weight is 301 g/mol. The van der Waals surface area contributed by atoms with Crippen LogP contribution in [0.25, 0.3) is 11.4 Å². The van der Waals surface area contributed by atoms with Gasteiger partial charge in [0.2, 0.25) is 0 Å². The molecule has 0 aliphatic rings. The van der Waals surface area contributed by atoms with Crippen molar-refractivity contribution in [2.24, 2.45) is 0 Å². The highest BCUT2D eigenvalue weighted by atomic mass is 79.9. The summed E-state index contributed by atoms with van der Waals surface area (Å²) in [5, 5.41) is 8.84. The summed E-state index contributed by atoms with van der Waals surface area (Å²) in [6.07, 6.45) is 2.85. The maximum atomic E-state index is 13.3. The minimum absolute atomic E-state index is 0.0192. The Labute approximate surface area is 104 Å². The topological polar surface area (TPSA) is 46.0 Å². The fraction of sp³-hybridized carbons (Fsp3) is 0.0909. The van der Waals surface area contributed by atoms with Crippen LogP contribution in [0, 0.1) is 11.6 Å². The monoisotopic (exact) mass is 300 g/mol. The van der Waals surface area contributed by atoms with Gasteiger partial charge < -0.3 is 5.11 Å². The molecule has 0 fully saturated rings. The van der Waals surface area contributed by atoms with Gasteiger partial charge in [-0.15, -0.1) is 0 Å². The van der Waals surface area contributed by atoms with E-state index in [0.717, 1.165) is 6.07 Å². The van der Waals surface area contributed by atoms with Crippen LogP contribution in [-0.2, 0) is 6.61 Å². The summed E-state index contributed by atoms with van der Waals surface area (Å²) >= 11 is 2.96. The maximum absolute atomic E-state index is 13.3. The summed E-state index contributed by atoms with van der Waals surface area (Å²) in [6, 6.07) is 2.40. The van der Waals surface area contributed by atoms with Gasteiger partial charge in [0.25, 0.3) is 0 Å². The lowest BCUT2D eigenvalue weighted by Crippen LogP contribution is -1.95. The van der Waals surface area contributed by atoms with E-state index in [9.17, 15) is 8.78 Å². The minimum Gasteiger partial charge on any atom is -0.392 e. The first kappa shape index (κ1) is 12.1. The van der Waals surface area contributed by atoms with E-state index in [2.05, 4.69) is 25.9 Å². The van der Waals surface area contributed by atoms with E-state index in [1.54, 1.807) is 0 Å². The second-order valence-electron chi connectivity index (χ2n) is 3.30. The highest BCUT2D eigenvalue weighted by Gasteiger charge is 2.14. The van der Waals surface area contributed by atoms with Gasteiger partial charge in [-0.3, -0.25) is 0 Å². The Morgan fingerprint density at radius 2 is 1.82 bits per heavy atom. The lowest BCUT2D eigenvalue weighted by molar-refractivity contribution is 0.281. The quantitative estimate of drug-likeness (QED) is 0.868. The third-order valence-corrected chi connectivity index (χ3v) is 2.94. The molecule has 0 saturated heterocycles. The normalized spacial score (nSPS) is 10.6. The van der Waals surface area contributed by atoms with Gasteiger partial charge in [-0.1, -0.05) is 0 Å². The van der Waals surface area contributed by atoms with E-state index >= 15 is 0 Å². The molecule has 1 heterocycles. The Hall–Kier alpha value is -1.40. The van der Waals surface area contributed by atoms with Crippen molar-refractivity contribution < 1.29 is 13.9 Å². The molecule has 6 heteroatoms. The Kier molecular flexibility index (Phi) is 3.44. The van der Waals surface area contributed by atoms with Gasteiger partial charge in [0.1, 0.15) is 0 Å². The number of hydrogen-bond donors (Lipinski definition) is 1. The molecule has 0 bridgehead atoms. The molecule has 0 unspecified atom stereocenters. The van der Waals surface area contributed by atoms with Crippen molar-refractivity contribution in [3.63, 3.8) is 0 Å². The smallest absolute Gasteiger partial charge is 0.173 e. The molecular weight excluding hydrogens is 294 g/mol. The molecule has 0 aliphatic carbocycles. The van der Waals surface area contributed by atoms with E-state index in [0.29, 0.717) is 11.1 Å². The van der Waals surface area contributed by atoms with Crippen LogP contribution in [0.1, 0.15) is 5.56 Å². The number of benzene rings is 1. The van der Waals surface area contributed by atoms with Crippen molar-refractivity contribution in [3.8, 4) is 11.4 Å². The molecule has 2 aromatic rings. The Bertz CT molecular complexity index is 546. The van der Waals surface area contributed by atoms with Crippen LogP contribution in [0.4, 0.5) is 8.78 Å². The van der Waals surface area contributed by atoms with Crippen molar-refractivity contribution in [1.82, 2.24) is 9.97 Å². The number of hydrogen-bond acceptors (Lipinski definition) is 3. The van der Waals surface area contributed by atoms with E-state index < -0.39 is 11.6 Å². The first-order chi connectivity index (χ1) is 8.13. The zero-order valence-electron chi connectivity index (χ0n) is 8.49. The predicted molar refractivity (Wildman–Crippen MR) is 61.0 cm³/mol. The van der Waals surface area contributed by atoms with Gasteiger partial charge in [0, 0.05) is 23.5 Å². The van der Waals surface area contributed by atoms with Crippen LogP contribution in [0.5, 0.6) is 0 Å². The number of nitrogens with zero attached hydrogens (tertiary/aromatic N) is 2. The summed E-state index contributed by atoms with van der Waals surface area (Å²) < 4.78 is 26.2. The lowest BCUT2D eigenvalue weighted by atomic mass is 10.2. The highest BCUT2D eigenvalue weighted by molar-refractivity contribution is 9.10. The van der Waals surface area contributed by atoms with Crippen molar-refractivity contribution in [2.75, 3.05) is 0 Å². The first-order valence-electron chi connectivity index (χ1n) is 4.69. The third-order valence-electron chi connectivity index (χ3n) is 2.16. The third kappa shape index (κ3) is 2.32. The lowest BCUT2D eigenvalue weighted by Gasteiger charge is -2.05. The molecule has 0 atom stereocenters. The number of aliphatic hydroxyl groups excluding tert-OH is 1. The van der Waals surface area contributed by atoms with Crippen LogP contribution in [0.2, 0.25) is 0 Å². The first-order valence-corrected chi connectivity index (χ1v) is 5.48. The molecule has 0 radical (unpaired) electrons. The molecule has 1 aromatic heterocycles. The van der Waals surface area contributed by atoms with Crippen molar-refractivity contribution in [2.45, 2.75) is 6.61 Å². The predicted octanol–water partition coefficient (Wildman–Crippen LogP) is 2.68. The molecule has 17 heavy (non-hydrogen) atoms. The zero-order valence-corrected chi connectivity index (χ0v) is 10.1. The number of halogens is 3. The van der Waals surface area contributed by atoms with Crippen molar-refractivity contribution in [1.29, 1.82) is 0 Å². The van der Waals surface area contributed by atoms with Crippen molar-refractivity contribution >= 4 is 15.9 Å². The summed E-state index contributed by atoms with van der Waals surface area (Å²) in [4.78, 5) is 7.92. The Morgan fingerprint density at radius 3 is 2.41 bits per heavy atom.